The SMILES string of the molecule is CC(C)(C)OC(=O)N1CCC[C@H]1[C@H]1CCCCN1Cc1noc(C2CCOCC2)n1. The zero-order valence-electron chi connectivity index (χ0n) is 18.6. The molecule has 8 heteroatoms. The Morgan fingerprint density at radius 2 is 1.83 bits per heavy atom. The fourth-order valence-electron chi connectivity index (χ4n) is 5.01. The van der Waals surface area contributed by atoms with E-state index in [1.54, 1.807) is 0 Å². The van der Waals surface area contributed by atoms with Crippen molar-refractivity contribution in [1.29, 1.82) is 0 Å². The van der Waals surface area contributed by atoms with E-state index in [4.69, 9.17) is 19.0 Å². The summed E-state index contributed by atoms with van der Waals surface area (Å²) in [6.07, 6.45) is 7.22. The molecular formula is C22H36N4O4. The quantitative estimate of drug-likeness (QED) is 0.734. The van der Waals surface area contributed by atoms with E-state index in [1.807, 2.05) is 25.7 Å². The Labute approximate surface area is 179 Å². The lowest BCUT2D eigenvalue weighted by atomic mass is 9.94. The smallest absolute Gasteiger partial charge is 0.410 e. The van der Waals surface area contributed by atoms with E-state index < -0.39 is 5.60 Å². The largest absolute Gasteiger partial charge is 0.444 e. The number of carbonyl (C=O) groups excluding carboxylic acids is 1. The molecule has 3 fully saturated rings. The lowest BCUT2D eigenvalue weighted by Gasteiger charge is -2.41. The maximum Gasteiger partial charge on any atom is 0.410 e. The highest BCUT2D eigenvalue weighted by Gasteiger charge is 2.40. The summed E-state index contributed by atoms with van der Waals surface area (Å²) in [6.45, 7) is 9.76. The maximum absolute atomic E-state index is 12.8. The first-order valence-electron chi connectivity index (χ1n) is 11.5. The molecule has 2 atom stereocenters. The number of hydrogen-bond donors (Lipinski definition) is 0. The topological polar surface area (TPSA) is 80.9 Å². The minimum absolute atomic E-state index is 0.183. The van der Waals surface area contributed by atoms with E-state index >= 15 is 0 Å². The molecular weight excluding hydrogens is 384 g/mol. The summed E-state index contributed by atoms with van der Waals surface area (Å²) in [5, 5.41) is 4.28. The summed E-state index contributed by atoms with van der Waals surface area (Å²) >= 11 is 0. The van der Waals surface area contributed by atoms with Gasteiger partial charge in [-0.2, -0.15) is 4.98 Å². The summed E-state index contributed by atoms with van der Waals surface area (Å²) in [4.78, 5) is 21.9. The van der Waals surface area contributed by atoms with Crippen molar-refractivity contribution < 1.29 is 18.8 Å². The van der Waals surface area contributed by atoms with Crippen LogP contribution in [-0.2, 0) is 16.0 Å². The second-order valence-electron chi connectivity index (χ2n) is 9.85. The number of likely N-dealkylation sites (tertiary alicyclic amines) is 2. The summed E-state index contributed by atoms with van der Waals surface area (Å²) in [6, 6.07) is 0.515. The van der Waals surface area contributed by atoms with Gasteiger partial charge in [0, 0.05) is 31.7 Å². The third-order valence-electron chi connectivity index (χ3n) is 6.43. The van der Waals surface area contributed by atoms with E-state index in [0.29, 0.717) is 18.5 Å². The first-order valence-corrected chi connectivity index (χ1v) is 11.5. The van der Waals surface area contributed by atoms with Crippen LogP contribution in [0.15, 0.2) is 4.52 Å². The van der Waals surface area contributed by atoms with Crippen molar-refractivity contribution in [3.8, 4) is 0 Å². The van der Waals surface area contributed by atoms with Crippen molar-refractivity contribution in [2.75, 3.05) is 26.3 Å². The zero-order valence-corrected chi connectivity index (χ0v) is 18.6. The molecule has 1 aromatic heterocycles. The highest BCUT2D eigenvalue weighted by Crippen LogP contribution is 2.32. The Bertz CT molecular complexity index is 710. The average molecular weight is 421 g/mol. The van der Waals surface area contributed by atoms with Crippen LogP contribution < -0.4 is 0 Å². The second-order valence-corrected chi connectivity index (χ2v) is 9.85. The van der Waals surface area contributed by atoms with Gasteiger partial charge in [0.25, 0.3) is 0 Å². The molecule has 0 radical (unpaired) electrons. The number of aromatic nitrogens is 2. The molecule has 3 saturated heterocycles. The molecule has 1 aromatic rings. The molecule has 0 aliphatic carbocycles. The molecule has 0 saturated carbocycles. The zero-order chi connectivity index (χ0) is 21.1. The molecule has 0 spiro atoms. The van der Waals surface area contributed by atoms with Gasteiger partial charge < -0.3 is 18.9 Å². The van der Waals surface area contributed by atoms with Gasteiger partial charge in [-0.1, -0.05) is 11.6 Å². The van der Waals surface area contributed by atoms with Crippen LogP contribution in [0.25, 0.3) is 0 Å². The Morgan fingerprint density at radius 3 is 2.60 bits per heavy atom. The number of nitrogens with zero attached hydrogens (tertiary/aromatic N) is 4. The number of amides is 1. The predicted molar refractivity (Wildman–Crippen MR) is 111 cm³/mol. The minimum Gasteiger partial charge on any atom is -0.444 e. The van der Waals surface area contributed by atoms with Gasteiger partial charge in [0.1, 0.15) is 5.60 Å². The van der Waals surface area contributed by atoms with Gasteiger partial charge in [0.05, 0.1) is 12.6 Å². The van der Waals surface area contributed by atoms with Crippen molar-refractivity contribution in [2.24, 2.45) is 0 Å². The van der Waals surface area contributed by atoms with Crippen LogP contribution in [0.5, 0.6) is 0 Å². The van der Waals surface area contributed by atoms with Crippen LogP contribution in [-0.4, -0.2) is 70.0 Å². The average Bonchev–Trinajstić information content (AvgIpc) is 3.38. The van der Waals surface area contributed by atoms with Gasteiger partial charge in [-0.05, 0) is 65.8 Å². The third kappa shape index (κ3) is 5.14. The van der Waals surface area contributed by atoms with Crippen LogP contribution in [0, 0.1) is 0 Å². The van der Waals surface area contributed by atoms with Gasteiger partial charge in [0.15, 0.2) is 5.82 Å². The van der Waals surface area contributed by atoms with E-state index in [1.165, 1.54) is 12.8 Å². The highest BCUT2D eigenvalue weighted by atomic mass is 16.6. The Balaban J connectivity index is 1.42. The van der Waals surface area contributed by atoms with Gasteiger partial charge >= 0.3 is 6.09 Å². The molecule has 0 N–H and O–H groups in total. The van der Waals surface area contributed by atoms with Crippen LogP contribution in [0.4, 0.5) is 4.79 Å². The van der Waals surface area contributed by atoms with E-state index in [0.717, 1.165) is 70.1 Å². The molecule has 3 aliphatic heterocycles. The maximum atomic E-state index is 12.8. The Morgan fingerprint density at radius 1 is 1.07 bits per heavy atom. The first-order chi connectivity index (χ1) is 14.4. The fourth-order valence-corrected chi connectivity index (χ4v) is 5.01. The minimum atomic E-state index is -0.471. The molecule has 8 nitrogen and oxygen atoms in total. The standard InChI is InChI=1S/C22H36N4O4/c1-22(2,3)29-21(27)26-12-6-8-18(26)17-7-4-5-11-25(17)15-19-23-20(30-24-19)16-9-13-28-14-10-16/h16-18H,4-15H2,1-3H3/t17-,18+/m1/s1. The molecule has 0 unspecified atom stereocenters. The van der Waals surface area contributed by atoms with E-state index in [-0.39, 0.29) is 12.1 Å². The number of rotatable bonds is 4. The summed E-state index contributed by atoms with van der Waals surface area (Å²) in [7, 11) is 0. The third-order valence-corrected chi connectivity index (χ3v) is 6.43. The molecule has 3 aliphatic rings. The summed E-state index contributed by atoms with van der Waals surface area (Å²) < 4.78 is 16.7. The van der Waals surface area contributed by atoms with Gasteiger partial charge in [0.2, 0.25) is 5.89 Å². The number of piperidine rings is 1. The highest BCUT2D eigenvalue weighted by molar-refractivity contribution is 5.69. The molecule has 1 amide bonds. The molecule has 0 bridgehead atoms. The van der Waals surface area contributed by atoms with Crippen LogP contribution in [0.1, 0.15) is 83.3 Å². The lowest BCUT2D eigenvalue weighted by molar-refractivity contribution is 0.00600. The second kappa shape index (κ2) is 9.22. The van der Waals surface area contributed by atoms with E-state index in [2.05, 4.69) is 10.1 Å². The number of carbonyl (C=O) groups is 1. The normalized spacial score (nSPS) is 26.8. The molecule has 168 valence electrons. The summed E-state index contributed by atoms with van der Waals surface area (Å²) in [5.74, 6) is 1.82. The number of ether oxygens (including phenoxy) is 2. The molecule has 0 aromatic carbocycles. The fraction of sp³-hybridized carbons (Fsp3) is 0.864. The molecule has 30 heavy (non-hydrogen) atoms. The van der Waals surface area contributed by atoms with Crippen molar-refractivity contribution >= 4 is 6.09 Å². The first kappa shape index (κ1) is 21.6. The van der Waals surface area contributed by atoms with Crippen molar-refractivity contribution in [2.45, 2.75) is 95.9 Å². The molecule has 4 rings (SSSR count). The van der Waals surface area contributed by atoms with Crippen LogP contribution >= 0.6 is 0 Å². The van der Waals surface area contributed by atoms with Gasteiger partial charge in [-0.15, -0.1) is 0 Å². The monoisotopic (exact) mass is 420 g/mol. The van der Waals surface area contributed by atoms with Gasteiger partial charge in [-0.3, -0.25) is 4.90 Å². The van der Waals surface area contributed by atoms with Gasteiger partial charge in [-0.25, -0.2) is 4.79 Å². The Hall–Kier alpha value is -1.67. The Kier molecular flexibility index (Phi) is 6.63. The van der Waals surface area contributed by atoms with Crippen molar-refractivity contribution in [3.05, 3.63) is 11.7 Å². The number of hydrogen-bond acceptors (Lipinski definition) is 7. The lowest BCUT2D eigenvalue weighted by Crippen LogP contribution is -2.53. The summed E-state index contributed by atoms with van der Waals surface area (Å²) in [5.41, 5.74) is -0.471. The van der Waals surface area contributed by atoms with E-state index in [9.17, 15) is 4.79 Å². The van der Waals surface area contributed by atoms with Crippen LogP contribution in [0.3, 0.4) is 0 Å². The van der Waals surface area contributed by atoms with Crippen LogP contribution in [0.2, 0.25) is 0 Å². The van der Waals surface area contributed by atoms with Crippen molar-refractivity contribution in [1.82, 2.24) is 19.9 Å². The van der Waals surface area contributed by atoms with Crippen molar-refractivity contribution in [3.63, 3.8) is 0 Å². The molecule has 4 heterocycles. The predicted octanol–water partition coefficient (Wildman–Crippen LogP) is 3.72.